The number of pyridine rings is 1. The van der Waals surface area contributed by atoms with Crippen molar-refractivity contribution in [1.82, 2.24) is 9.88 Å². The van der Waals surface area contributed by atoms with Gasteiger partial charge in [0.1, 0.15) is 6.07 Å². The smallest absolute Gasteiger partial charge is 0.253 e. The van der Waals surface area contributed by atoms with Gasteiger partial charge in [-0.15, -0.1) is 0 Å². The van der Waals surface area contributed by atoms with Crippen LogP contribution in [-0.2, 0) is 9.53 Å². The minimum absolute atomic E-state index is 0.0691. The minimum Gasteiger partial charge on any atom is -0.365 e. The van der Waals surface area contributed by atoms with E-state index in [1.165, 1.54) is 0 Å². The second-order valence-corrected chi connectivity index (χ2v) is 5.32. The number of morpholine rings is 1. The van der Waals surface area contributed by atoms with E-state index in [1.54, 1.807) is 6.20 Å². The van der Waals surface area contributed by atoms with Crippen LogP contribution in [0.15, 0.2) is 18.3 Å². The molecule has 2 aliphatic heterocycles. The molecule has 2 fully saturated rings. The van der Waals surface area contributed by atoms with Crippen LogP contribution < -0.4 is 4.90 Å². The lowest BCUT2D eigenvalue weighted by atomic mass is 10.2. The molecule has 1 amide bonds. The van der Waals surface area contributed by atoms with E-state index in [0.29, 0.717) is 25.4 Å². The molecule has 21 heavy (non-hydrogen) atoms. The van der Waals surface area contributed by atoms with Gasteiger partial charge < -0.3 is 14.5 Å². The van der Waals surface area contributed by atoms with Gasteiger partial charge in [0.05, 0.1) is 18.8 Å². The predicted octanol–water partition coefficient (Wildman–Crippen LogP) is 0.781. The van der Waals surface area contributed by atoms with Gasteiger partial charge in [0, 0.05) is 25.8 Å². The summed E-state index contributed by atoms with van der Waals surface area (Å²) >= 11 is 0. The third-order valence-electron chi connectivity index (χ3n) is 3.99. The summed E-state index contributed by atoms with van der Waals surface area (Å²) < 4.78 is 5.64. The molecule has 3 heterocycles. The van der Waals surface area contributed by atoms with Crippen molar-refractivity contribution in [3.8, 4) is 6.07 Å². The summed E-state index contributed by atoms with van der Waals surface area (Å²) in [6.07, 6.45) is 3.31. The van der Waals surface area contributed by atoms with Crippen LogP contribution in [0.4, 0.5) is 5.69 Å². The Kier molecular flexibility index (Phi) is 4.02. The van der Waals surface area contributed by atoms with Gasteiger partial charge in [-0.1, -0.05) is 0 Å². The SMILES string of the molecule is N#Cc1ncccc1N1CCOC(C(=O)N2CCCC2)C1. The van der Waals surface area contributed by atoms with Crippen molar-refractivity contribution < 1.29 is 9.53 Å². The van der Waals surface area contributed by atoms with Crippen LogP contribution in [-0.4, -0.2) is 54.7 Å². The molecule has 0 aromatic carbocycles. The lowest BCUT2D eigenvalue weighted by Gasteiger charge is -2.35. The third kappa shape index (κ3) is 2.83. The van der Waals surface area contributed by atoms with Gasteiger partial charge in [0.15, 0.2) is 11.8 Å². The number of hydrogen-bond donors (Lipinski definition) is 0. The topological polar surface area (TPSA) is 69.5 Å². The van der Waals surface area contributed by atoms with Gasteiger partial charge >= 0.3 is 0 Å². The van der Waals surface area contributed by atoms with Crippen molar-refractivity contribution in [1.29, 1.82) is 5.26 Å². The van der Waals surface area contributed by atoms with E-state index in [9.17, 15) is 4.79 Å². The van der Waals surface area contributed by atoms with Crippen molar-refractivity contribution in [3.05, 3.63) is 24.0 Å². The van der Waals surface area contributed by atoms with Crippen LogP contribution >= 0.6 is 0 Å². The van der Waals surface area contributed by atoms with E-state index in [2.05, 4.69) is 11.1 Å². The summed E-state index contributed by atoms with van der Waals surface area (Å²) in [5.74, 6) is 0.0691. The Balaban J connectivity index is 1.73. The molecular weight excluding hydrogens is 268 g/mol. The fourth-order valence-electron chi connectivity index (χ4n) is 2.90. The van der Waals surface area contributed by atoms with Crippen molar-refractivity contribution in [2.24, 2.45) is 0 Å². The Hall–Kier alpha value is -2.13. The highest BCUT2D eigenvalue weighted by Crippen LogP contribution is 2.21. The largest absolute Gasteiger partial charge is 0.365 e. The first kappa shape index (κ1) is 13.8. The van der Waals surface area contributed by atoms with Crippen LogP contribution in [0, 0.1) is 11.3 Å². The van der Waals surface area contributed by atoms with Crippen LogP contribution in [0.25, 0.3) is 0 Å². The average molecular weight is 286 g/mol. The fourth-order valence-corrected chi connectivity index (χ4v) is 2.90. The van der Waals surface area contributed by atoms with Crippen LogP contribution in [0.2, 0.25) is 0 Å². The van der Waals surface area contributed by atoms with E-state index >= 15 is 0 Å². The molecule has 0 N–H and O–H groups in total. The van der Waals surface area contributed by atoms with E-state index in [4.69, 9.17) is 10.00 Å². The zero-order valence-electron chi connectivity index (χ0n) is 11.9. The highest BCUT2D eigenvalue weighted by atomic mass is 16.5. The first-order chi connectivity index (χ1) is 10.3. The maximum absolute atomic E-state index is 12.4. The molecule has 1 atom stereocenters. The molecule has 2 aliphatic rings. The minimum atomic E-state index is -0.441. The summed E-state index contributed by atoms with van der Waals surface area (Å²) in [4.78, 5) is 20.4. The average Bonchev–Trinajstić information content (AvgIpc) is 3.08. The Morgan fingerprint density at radius 2 is 2.19 bits per heavy atom. The van der Waals surface area contributed by atoms with Crippen molar-refractivity contribution in [3.63, 3.8) is 0 Å². The number of hydrogen-bond acceptors (Lipinski definition) is 5. The number of ether oxygens (including phenoxy) is 1. The van der Waals surface area contributed by atoms with Crippen LogP contribution in [0.5, 0.6) is 0 Å². The van der Waals surface area contributed by atoms with E-state index in [0.717, 1.165) is 31.6 Å². The van der Waals surface area contributed by atoms with Gasteiger partial charge in [0.25, 0.3) is 5.91 Å². The van der Waals surface area contributed by atoms with Gasteiger partial charge in [-0.3, -0.25) is 4.79 Å². The molecular formula is C15H18N4O2. The number of nitriles is 1. The summed E-state index contributed by atoms with van der Waals surface area (Å²) in [5.41, 5.74) is 1.18. The molecule has 0 saturated carbocycles. The Bertz CT molecular complexity index is 563. The zero-order chi connectivity index (χ0) is 14.7. The van der Waals surface area contributed by atoms with E-state index in [-0.39, 0.29) is 5.91 Å². The Morgan fingerprint density at radius 3 is 2.95 bits per heavy atom. The van der Waals surface area contributed by atoms with Gasteiger partial charge in [-0.25, -0.2) is 4.98 Å². The second-order valence-electron chi connectivity index (χ2n) is 5.32. The summed E-state index contributed by atoms with van der Waals surface area (Å²) in [6, 6.07) is 5.78. The monoisotopic (exact) mass is 286 g/mol. The molecule has 1 aromatic heterocycles. The highest BCUT2D eigenvalue weighted by molar-refractivity contribution is 5.82. The number of nitrogens with zero attached hydrogens (tertiary/aromatic N) is 4. The zero-order valence-corrected chi connectivity index (χ0v) is 11.9. The molecule has 110 valence electrons. The van der Waals surface area contributed by atoms with Gasteiger partial charge in [-0.05, 0) is 25.0 Å². The number of anilines is 1. The molecule has 2 saturated heterocycles. The second kappa shape index (κ2) is 6.10. The quantitative estimate of drug-likeness (QED) is 0.803. The normalized spacial score (nSPS) is 22.1. The van der Waals surface area contributed by atoms with Gasteiger partial charge in [-0.2, -0.15) is 5.26 Å². The number of aromatic nitrogens is 1. The van der Waals surface area contributed by atoms with E-state index in [1.807, 2.05) is 21.9 Å². The van der Waals surface area contributed by atoms with E-state index < -0.39 is 6.10 Å². The summed E-state index contributed by atoms with van der Waals surface area (Å²) in [5, 5.41) is 9.15. The van der Waals surface area contributed by atoms with Crippen LogP contribution in [0.1, 0.15) is 18.5 Å². The first-order valence-corrected chi connectivity index (χ1v) is 7.30. The Labute approximate surface area is 123 Å². The van der Waals surface area contributed by atoms with Crippen molar-refractivity contribution >= 4 is 11.6 Å². The van der Waals surface area contributed by atoms with Crippen molar-refractivity contribution in [2.45, 2.75) is 18.9 Å². The lowest BCUT2D eigenvalue weighted by Crippen LogP contribution is -2.50. The molecule has 0 aliphatic carbocycles. The number of carbonyl (C=O) groups is 1. The maximum atomic E-state index is 12.4. The fraction of sp³-hybridized carbons (Fsp3) is 0.533. The number of amides is 1. The molecule has 0 radical (unpaired) electrons. The third-order valence-corrected chi connectivity index (χ3v) is 3.99. The van der Waals surface area contributed by atoms with Gasteiger partial charge in [0.2, 0.25) is 0 Å². The molecule has 1 unspecified atom stereocenters. The molecule has 6 nitrogen and oxygen atoms in total. The molecule has 1 aromatic rings. The summed E-state index contributed by atoms with van der Waals surface area (Å²) in [6.45, 7) is 3.30. The molecule has 6 heteroatoms. The maximum Gasteiger partial charge on any atom is 0.253 e. The Morgan fingerprint density at radius 1 is 1.38 bits per heavy atom. The lowest BCUT2D eigenvalue weighted by molar-refractivity contribution is -0.143. The number of carbonyl (C=O) groups excluding carboxylic acids is 1. The number of likely N-dealkylation sites (tertiary alicyclic amines) is 1. The molecule has 0 bridgehead atoms. The van der Waals surface area contributed by atoms with Crippen molar-refractivity contribution in [2.75, 3.05) is 37.7 Å². The number of rotatable bonds is 2. The predicted molar refractivity (Wildman–Crippen MR) is 76.7 cm³/mol. The van der Waals surface area contributed by atoms with Crippen LogP contribution in [0.3, 0.4) is 0 Å². The first-order valence-electron chi connectivity index (χ1n) is 7.30. The summed E-state index contributed by atoms with van der Waals surface area (Å²) in [7, 11) is 0. The molecule has 0 spiro atoms. The highest BCUT2D eigenvalue weighted by Gasteiger charge is 2.32. The standard InChI is InChI=1S/C15H18N4O2/c16-10-12-13(4-3-5-17-12)19-8-9-21-14(11-19)15(20)18-6-1-2-7-18/h3-5,14H,1-2,6-9,11H2. The molecule has 3 rings (SSSR count).